The van der Waals surface area contributed by atoms with Crippen molar-refractivity contribution in [3.8, 4) is 22.6 Å². The Bertz CT molecular complexity index is 2740. The molecule has 5 nitrogen and oxygen atoms in total. The lowest BCUT2D eigenvalue weighted by atomic mass is 10.0. The van der Waals surface area contributed by atoms with Crippen molar-refractivity contribution in [1.82, 2.24) is 19.4 Å². The molecule has 0 saturated carbocycles. The third-order valence-corrected chi connectivity index (χ3v) is 9.60. The van der Waals surface area contributed by atoms with Crippen molar-refractivity contribution >= 4 is 81.0 Å². The van der Waals surface area contributed by atoms with Crippen LogP contribution in [0.3, 0.4) is 0 Å². The van der Waals surface area contributed by atoms with E-state index in [4.69, 9.17) is 19.4 Å². The summed E-state index contributed by atoms with van der Waals surface area (Å²) < 4.78 is 11.1. The Morgan fingerprint density at radius 1 is 0.651 bits per heavy atom. The Hall–Kier alpha value is -5.59. The van der Waals surface area contributed by atoms with Gasteiger partial charge in [-0.05, 0) is 41.1 Å². The van der Waals surface area contributed by atoms with E-state index in [9.17, 15) is 0 Å². The number of aromatic nitrogens is 4. The first-order valence-electron chi connectivity index (χ1n) is 14.2. The van der Waals surface area contributed by atoms with Gasteiger partial charge in [-0.2, -0.15) is 0 Å². The molecule has 0 bridgehead atoms. The number of thiophene rings is 1. The molecular formula is C37H20N4OS. The van der Waals surface area contributed by atoms with Gasteiger partial charge in [0.15, 0.2) is 11.4 Å². The van der Waals surface area contributed by atoms with Gasteiger partial charge in [0.1, 0.15) is 28.0 Å². The molecule has 0 radical (unpaired) electrons. The largest absolute Gasteiger partial charge is 0.452 e. The number of imidazole rings is 1. The lowest BCUT2D eigenvalue weighted by Crippen LogP contribution is -1.95. The molecule has 0 spiro atoms. The lowest BCUT2D eigenvalue weighted by molar-refractivity contribution is 0.667. The van der Waals surface area contributed by atoms with Crippen molar-refractivity contribution in [1.29, 1.82) is 0 Å². The molecule has 0 unspecified atom stereocenters. The maximum atomic E-state index is 6.56. The van der Waals surface area contributed by atoms with E-state index in [1.54, 1.807) is 11.3 Å². The minimum Gasteiger partial charge on any atom is -0.452 e. The summed E-state index contributed by atoms with van der Waals surface area (Å²) in [7, 11) is 0. The van der Waals surface area contributed by atoms with Crippen LogP contribution in [-0.4, -0.2) is 19.4 Å². The second-order valence-electron chi connectivity index (χ2n) is 10.8. The van der Waals surface area contributed by atoms with Crippen molar-refractivity contribution in [3.05, 3.63) is 121 Å². The third kappa shape index (κ3) is 3.18. The molecule has 5 aromatic heterocycles. The monoisotopic (exact) mass is 568 g/mol. The quantitative estimate of drug-likeness (QED) is 0.208. The Morgan fingerprint density at radius 3 is 2.40 bits per heavy atom. The maximum Gasteiger partial charge on any atom is 0.180 e. The van der Waals surface area contributed by atoms with Gasteiger partial charge in [-0.15, -0.1) is 11.3 Å². The van der Waals surface area contributed by atoms with Gasteiger partial charge in [-0.1, -0.05) is 84.9 Å². The average Bonchev–Trinajstić information content (AvgIpc) is 3.76. The summed E-state index contributed by atoms with van der Waals surface area (Å²) in [5.74, 6) is 0.670. The van der Waals surface area contributed by atoms with Gasteiger partial charge in [-0.25, -0.2) is 15.0 Å². The number of hydrogen-bond donors (Lipinski definition) is 0. The van der Waals surface area contributed by atoms with E-state index >= 15 is 0 Å². The summed E-state index contributed by atoms with van der Waals surface area (Å²) in [5.41, 5.74) is 8.04. The van der Waals surface area contributed by atoms with Crippen molar-refractivity contribution < 1.29 is 4.42 Å². The third-order valence-electron chi connectivity index (χ3n) is 8.42. The number of fused-ring (bicyclic) bond motifs is 12. The number of hydrogen-bond acceptors (Lipinski definition) is 5. The molecule has 0 aliphatic heterocycles. The van der Waals surface area contributed by atoms with Crippen LogP contribution >= 0.6 is 11.3 Å². The predicted octanol–water partition coefficient (Wildman–Crippen LogP) is 10.0. The molecule has 0 amide bonds. The topological polar surface area (TPSA) is 56.2 Å². The fourth-order valence-electron chi connectivity index (χ4n) is 6.50. The van der Waals surface area contributed by atoms with Gasteiger partial charge in [0, 0.05) is 32.8 Å². The summed E-state index contributed by atoms with van der Waals surface area (Å²) in [4.78, 5) is 15.7. The van der Waals surface area contributed by atoms with Crippen LogP contribution in [0.4, 0.5) is 0 Å². The van der Waals surface area contributed by atoms with E-state index < -0.39 is 0 Å². The summed E-state index contributed by atoms with van der Waals surface area (Å²) in [6.45, 7) is 0. The Kier molecular flexibility index (Phi) is 4.54. The van der Waals surface area contributed by atoms with Crippen molar-refractivity contribution in [3.63, 3.8) is 0 Å². The molecule has 5 aromatic carbocycles. The van der Waals surface area contributed by atoms with Gasteiger partial charge in [0.05, 0.1) is 15.6 Å². The molecule has 5 heterocycles. The van der Waals surface area contributed by atoms with Crippen LogP contribution in [0.2, 0.25) is 0 Å². The first-order valence-corrected chi connectivity index (χ1v) is 15.0. The minimum atomic E-state index is 0.670. The minimum absolute atomic E-state index is 0.670. The van der Waals surface area contributed by atoms with E-state index in [-0.39, 0.29) is 0 Å². The highest BCUT2D eigenvalue weighted by molar-refractivity contribution is 7.26. The van der Waals surface area contributed by atoms with E-state index in [2.05, 4.69) is 89.5 Å². The van der Waals surface area contributed by atoms with Crippen LogP contribution in [0.15, 0.2) is 126 Å². The zero-order chi connectivity index (χ0) is 28.1. The van der Waals surface area contributed by atoms with E-state index in [1.165, 1.54) is 10.1 Å². The van der Waals surface area contributed by atoms with Crippen LogP contribution in [0.1, 0.15) is 0 Å². The highest BCUT2D eigenvalue weighted by Gasteiger charge is 2.23. The predicted molar refractivity (Wildman–Crippen MR) is 177 cm³/mol. The molecular weight excluding hydrogens is 549 g/mol. The first kappa shape index (κ1) is 23.0. The molecule has 200 valence electrons. The lowest BCUT2D eigenvalue weighted by Gasteiger charge is -2.09. The molecule has 0 saturated heterocycles. The van der Waals surface area contributed by atoms with Crippen LogP contribution in [-0.2, 0) is 0 Å². The standard InChI is InChI=1S/C37H20N4OS/c1-2-11-22(12-3-1)32-35-34(31-23-13-5-4-10-21(23)17-18-27(31)42-35)40-37(39-32)25-20-26-33(38-29-16-8-9-19-41(26)29)36-30(25)24-14-6-7-15-28(24)43-36/h1-20H. The number of rotatable bonds is 2. The molecule has 0 fully saturated rings. The number of nitrogens with zero attached hydrogens (tertiary/aromatic N) is 4. The van der Waals surface area contributed by atoms with Crippen LogP contribution in [0.25, 0.3) is 92.3 Å². The van der Waals surface area contributed by atoms with Crippen LogP contribution in [0.5, 0.6) is 0 Å². The molecule has 0 atom stereocenters. The molecule has 43 heavy (non-hydrogen) atoms. The number of furan rings is 1. The van der Waals surface area contributed by atoms with Gasteiger partial charge < -0.3 is 4.42 Å². The summed E-state index contributed by atoms with van der Waals surface area (Å²) in [5, 5.41) is 5.59. The second kappa shape index (κ2) is 8.47. The molecule has 0 aliphatic carbocycles. The SMILES string of the molecule is c1ccc(-c2nc(-c3cc4c(nc5ccccn54)c4sc5ccccc5c34)nc3c2oc2ccc4ccccc4c23)cc1. The molecule has 0 aliphatic rings. The average molecular weight is 569 g/mol. The van der Waals surface area contributed by atoms with Gasteiger partial charge in [-0.3, -0.25) is 4.40 Å². The second-order valence-corrected chi connectivity index (χ2v) is 11.9. The summed E-state index contributed by atoms with van der Waals surface area (Å²) >= 11 is 1.78. The zero-order valence-electron chi connectivity index (χ0n) is 22.7. The van der Waals surface area contributed by atoms with Crippen molar-refractivity contribution in [2.75, 3.05) is 0 Å². The van der Waals surface area contributed by atoms with Gasteiger partial charge in [0.2, 0.25) is 0 Å². The first-order chi connectivity index (χ1) is 21.3. The van der Waals surface area contributed by atoms with E-state index in [0.29, 0.717) is 11.4 Å². The normalized spacial score (nSPS) is 12.2. The molecule has 0 N–H and O–H groups in total. The van der Waals surface area contributed by atoms with Gasteiger partial charge >= 0.3 is 0 Å². The highest BCUT2D eigenvalue weighted by atomic mass is 32.1. The number of pyridine rings is 1. The van der Waals surface area contributed by atoms with Crippen molar-refractivity contribution in [2.45, 2.75) is 0 Å². The smallest absolute Gasteiger partial charge is 0.180 e. The maximum absolute atomic E-state index is 6.56. The fraction of sp³-hybridized carbons (Fsp3) is 0. The number of benzene rings is 5. The molecule has 10 aromatic rings. The van der Waals surface area contributed by atoms with Crippen LogP contribution < -0.4 is 0 Å². The Morgan fingerprint density at radius 2 is 1.47 bits per heavy atom. The summed E-state index contributed by atoms with van der Waals surface area (Å²) in [6, 6.07) is 39.7. The molecule has 10 rings (SSSR count). The Labute approximate surface area is 248 Å². The van der Waals surface area contributed by atoms with E-state index in [1.807, 2.05) is 36.4 Å². The van der Waals surface area contributed by atoms with Crippen LogP contribution in [0, 0.1) is 0 Å². The Balaban J connectivity index is 1.42. The fourth-order valence-corrected chi connectivity index (χ4v) is 7.72. The highest BCUT2D eigenvalue weighted by Crippen LogP contribution is 2.45. The van der Waals surface area contributed by atoms with Crippen molar-refractivity contribution in [2.24, 2.45) is 0 Å². The van der Waals surface area contributed by atoms with E-state index in [0.717, 1.165) is 70.8 Å². The van der Waals surface area contributed by atoms with Gasteiger partial charge in [0.25, 0.3) is 0 Å². The zero-order valence-corrected chi connectivity index (χ0v) is 23.5. The molecule has 6 heteroatoms. The summed E-state index contributed by atoms with van der Waals surface area (Å²) in [6.07, 6.45) is 2.07.